The molecule has 0 aliphatic carbocycles. The van der Waals surface area contributed by atoms with Gasteiger partial charge in [0.05, 0.1) is 25.4 Å². The Morgan fingerprint density at radius 1 is 1.40 bits per heavy atom. The summed E-state index contributed by atoms with van der Waals surface area (Å²) in [5.41, 5.74) is 0.720. The number of likely N-dealkylation sites (N-methyl/N-ethyl adjacent to an activating group) is 1. The minimum absolute atomic E-state index is 0.0846. The van der Waals surface area contributed by atoms with E-state index in [1.54, 1.807) is 0 Å². The summed E-state index contributed by atoms with van der Waals surface area (Å²) in [6.07, 6.45) is 1.07. The van der Waals surface area contributed by atoms with Crippen molar-refractivity contribution in [3.63, 3.8) is 0 Å². The Morgan fingerprint density at radius 3 is 2.75 bits per heavy atom. The van der Waals surface area contributed by atoms with Gasteiger partial charge >= 0.3 is 0 Å². The molecule has 2 rings (SSSR count). The maximum Gasteiger partial charge on any atom is 0.0795 e. The van der Waals surface area contributed by atoms with Crippen LogP contribution in [0.2, 0.25) is 0 Å². The van der Waals surface area contributed by atoms with Crippen molar-refractivity contribution in [2.45, 2.75) is 24.9 Å². The quantitative estimate of drug-likeness (QED) is 0.821. The lowest BCUT2D eigenvalue weighted by Gasteiger charge is -2.42. The highest BCUT2D eigenvalue weighted by molar-refractivity contribution is 5.25. The lowest BCUT2D eigenvalue weighted by atomic mass is 9.89. The van der Waals surface area contributed by atoms with Crippen molar-refractivity contribution in [2.75, 3.05) is 40.0 Å². The Morgan fingerprint density at radius 2 is 2.15 bits per heavy atom. The van der Waals surface area contributed by atoms with Crippen molar-refractivity contribution in [2.24, 2.45) is 0 Å². The molecule has 2 unspecified atom stereocenters. The molecule has 1 heterocycles. The van der Waals surface area contributed by atoms with Gasteiger partial charge in [-0.3, -0.25) is 4.90 Å². The molecular formula is C16H26N2O2. The summed E-state index contributed by atoms with van der Waals surface area (Å²) in [5, 5.41) is 13.3. The van der Waals surface area contributed by atoms with E-state index in [4.69, 9.17) is 4.74 Å². The van der Waals surface area contributed by atoms with Crippen molar-refractivity contribution >= 4 is 0 Å². The first-order valence-corrected chi connectivity index (χ1v) is 7.43. The van der Waals surface area contributed by atoms with Crippen molar-refractivity contribution in [1.29, 1.82) is 0 Å². The molecule has 20 heavy (non-hydrogen) atoms. The lowest BCUT2D eigenvalue weighted by molar-refractivity contribution is -0.0276. The van der Waals surface area contributed by atoms with Crippen LogP contribution in [0.15, 0.2) is 30.3 Å². The topological polar surface area (TPSA) is 44.7 Å². The van der Waals surface area contributed by atoms with E-state index in [1.165, 1.54) is 0 Å². The molecule has 1 aromatic carbocycles. The first-order chi connectivity index (χ1) is 9.75. The van der Waals surface area contributed by atoms with Crippen molar-refractivity contribution in [1.82, 2.24) is 10.2 Å². The minimum Gasteiger partial charge on any atom is -0.394 e. The Labute approximate surface area is 121 Å². The van der Waals surface area contributed by atoms with E-state index < -0.39 is 5.54 Å². The lowest BCUT2D eigenvalue weighted by Crippen LogP contribution is -2.57. The number of hydrogen-bond acceptors (Lipinski definition) is 4. The van der Waals surface area contributed by atoms with E-state index >= 15 is 0 Å². The summed E-state index contributed by atoms with van der Waals surface area (Å²) in [6, 6.07) is 10.6. The smallest absolute Gasteiger partial charge is 0.0795 e. The second-order valence-corrected chi connectivity index (χ2v) is 5.46. The molecule has 2 atom stereocenters. The van der Waals surface area contributed by atoms with Gasteiger partial charge in [-0.1, -0.05) is 37.3 Å². The van der Waals surface area contributed by atoms with Crippen LogP contribution in [0.4, 0.5) is 0 Å². The van der Waals surface area contributed by atoms with Gasteiger partial charge in [0.25, 0.3) is 0 Å². The molecule has 0 radical (unpaired) electrons. The average molecular weight is 278 g/mol. The Balaban J connectivity index is 2.20. The van der Waals surface area contributed by atoms with E-state index in [-0.39, 0.29) is 6.61 Å². The molecule has 1 aliphatic heterocycles. The van der Waals surface area contributed by atoms with Crippen molar-refractivity contribution in [3.05, 3.63) is 35.9 Å². The van der Waals surface area contributed by atoms with Crippen LogP contribution in [0.3, 0.4) is 0 Å². The zero-order valence-corrected chi connectivity index (χ0v) is 12.5. The molecular weight excluding hydrogens is 252 g/mol. The molecule has 112 valence electrons. The molecule has 1 fully saturated rings. The van der Waals surface area contributed by atoms with Crippen LogP contribution in [0.1, 0.15) is 18.9 Å². The number of nitrogens with one attached hydrogen (secondary N) is 1. The summed E-state index contributed by atoms with van der Waals surface area (Å²) in [6.45, 7) is 5.56. The third-order valence-corrected chi connectivity index (χ3v) is 4.37. The zero-order valence-electron chi connectivity index (χ0n) is 12.5. The third kappa shape index (κ3) is 3.20. The van der Waals surface area contributed by atoms with E-state index in [2.05, 4.69) is 29.3 Å². The van der Waals surface area contributed by atoms with Gasteiger partial charge in [-0.05, 0) is 19.0 Å². The number of nitrogens with zero attached hydrogens (tertiary/aromatic N) is 1. The average Bonchev–Trinajstić information content (AvgIpc) is 2.54. The molecule has 1 aliphatic rings. The SMILES string of the molecule is CCC1COCCN1CC(CO)(NC)c1ccccc1. The van der Waals surface area contributed by atoms with Crippen LogP contribution in [-0.4, -0.2) is 56.0 Å². The van der Waals surface area contributed by atoms with Gasteiger partial charge in [0.2, 0.25) is 0 Å². The van der Waals surface area contributed by atoms with Crippen molar-refractivity contribution in [3.8, 4) is 0 Å². The molecule has 0 aromatic heterocycles. The van der Waals surface area contributed by atoms with Gasteiger partial charge in [-0.25, -0.2) is 0 Å². The van der Waals surface area contributed by atoms with E-state index in [9.17, 15) is 5.11 Å². The fourth-order valence-corrected chi connectivity index (χ4v) is 2.91. The molecule has 0 saturated carbocycles. The third-order valence-electron chi connectivity index (χ3n) is 4.37. The summed E-state index contributed by atoms with van der Waals surface area (Å²) in [5.74, 6) is 0. The fraction of sp³-hybridized carbons (Fsp3) is 0.625. The largest absolute Gasteiger partial charge is 0.394 e. The fourth-order valence-electron chi connectivity index (χ4n) is 2.91. The van der Waals surface area contributed by atoms with Gasteiger partial charge in [0.15, 0.2) is 0 Å². The highest BCUT2D eigenvalue weighted by atomic mass is 16.5. The molecule has 4 nitrogen and oxygen atoms in total. The molecule has 1 aromatic rings. The number of morpholine rings is 1. The first-order valence-electron chi connectivity index (χ1n) is 7.43. The van der Waals surface area contributed by atoms with Crippen molar-refractivity contribution < 1.29 is 9.84 Å². The van der Waals surface area contributed by atoms with Crippen LogP contribution in [0.5, 0.6) is 0 Å². The molecule has 0 spiro atoms. The molecule has 0 bridgehead atoms. The van der Waals surface area contributed by atoms with Gasteiger partial charge in [0, 0.05) is 19.1 Å². The maximum atomic E-state index is 10.00. The molecule has 4 heteroatoms. The maximum absolute atomic E-state index is 10.00. The number of aliphatic hydroxyl groups is 1. The van der Waals surface area contributed by atoms with Crippen LogP contribution < -0.4 is 5.32 Å². The summed E-state index contributed by atoms with van der Waals surface area (Å²) >= 11 is 0. The monoisotopic (exact) mass is 278 g/mol. The van der Waals surface area contributed by atoms with Crippen LogP contribution >= 0.6 is 0 Å². The minimum atomic E-state index is -0.411. The van der Waals surface area contributed by atoms with E-state index in [0.29, 0.717) is 6.04 Å². The predicted molar refractivity (Wildman–Crippen MR) is 80.7 cm³/mol. The van der Waals surface area contributed by atoms with E-state index in [1.807, 2.05) is 25.2 Å². The van der Waals surface area contributed by atoms with Crippen LogP contribution in [0, 0.1) is 0 Å². The Kier molecular flexibility index (Phi) is 5.54. The number of benzene rings is 1. The number of aliphatic hydroxyl groups excluding tert-OH is 1. The molecule has 1 saturated heterocycles. The molecule has 2 N–H and O–H groups in total. The highest BCUT2D eigenvalue weighted by Crippen LogP contribution is 2.24. The van der Waals surface area contributed by atoms with Gasteiger partial charge < -0.3 is 15.2 Å². The molecule has 0 amide bonds. The van der Waals surface area contributed by atoms with E-state index in [0.717, 1.165) is 38.3 Å². The summed E-state index contributed by atoms with van der Waals surface area (Å²) in [7, 11) is 1.92. The van der Waals surface area contributed by atoms with Crippen LogP contribution in [0.25, 0.3) is 0 Å². The zero-order chi connectivity index (χ0) is 14.4. The Bertz CT molecular complexity index is 393. The summed E-state index contributed by atoms with van der Waals surface area (Å²) < 4.78 is 5.57. The van der Waals surface area contributed by atoms with Gasteiger partial charge in [-0.15, -0.1) is 0 Å². The van der Waals surface area contributed by atoms with Crippen LogP contribution in [-0.2, 0) is 10.3 Å². The second kappa shape index (κ2) is 7.18. The number of ether oxygens (including phenoxy) is 1. The number of hydrogen-bond donors (Lipinski definition) is 2. The highest BCUT2D eigenvalue weighted by Gasteiger charge is 2.35. The number of rotatable bonds is 6. The Hall–Kier alpha value is -0.940. The van der Waals surface area contributed by atoms with Gasteiger partial charge in [0.1, 0.15) is 0 Å². The predicted octanol–water partition coefficient (Wildman–Crippen LogP) is 1.20. The second-order valence-electron chi connectivity index (χ2n) is 5.46. The summed E-state index contributed by atoms with van der Waals surface area (Å²) in [4.78, 5) is 2.43. The standard InChI is InChI=1S/C16H26N2O2/c1-3-15-11-20-10-9-18(15)12-16(13-19,17-2)14-7-5-4-6-8-14/h4-8,15,17,19H,3,9-13H2,1-2H3. The normalized spacial score (nSPS) is 23.4. The van der Waals surface area contributed by atoms with Gasteiger partial charge in [-0.2, -0.15) is 0 Å². The first kappa shape index (κ1) is 15.4.